The van der Waals surface area contributed by atoms with Crippen LogP contribution in [0.15, 0.2) is 40.1 Å². The number of nitrogens with one attached hydrogen (secondary N) is 4. The van der Waals surface area contributed by atoms with E-state index in [-0.39, 0.29) is 11.3 Å². The Kier molecular flexibility index (Phi) is 5.65. The molecule has 0 atom stereocenters. The number of amidine groups is 1. The first-order chi connectivity index (χ1) is 10.2. The minimum Gasteiger partial charge on any atom is -0.382 e. The second kappa shape index (κ2) is 7.04. The van der Waals surface area contributed by atoms with E-state index < -0.39 is 17.5 Å². The largest absolute Gasteiger partial charge is 0.382 e. The molecule has 0 aromatic carbocycles. The lowest BCUT2D eigenvalue weighted by molar-refractivity contribution is 0.151. The average Bonchev–Trinajstić information content (AvgIpc) is 2.46. The van der Waals surface area contributed by atoms with Crippen LogP contribution < -0.4 is 22.6 Å². The van der Waals surface area contributed by atoms with Crippen LogP contribution in [0.1, 0.15) is 0 Å². The zero-order valence-electron chi connectivity index (χ0n) is 11.1. The number of hydrazine groups is 1. The number of nitrogens with two attached hydrogens (primary N) is 2. The van der Waals surface area contributed by atoms with Crippen LogP contribution in [0.4, 0.5) is 8.78 Å². The molecule has 0 aliphatic carbocycles. The highest BCUT2D eigenvalue weighted by molar-refractivity contribution is 9.10. The molecule has 0 unspecified atom stereocenters. The molecule has 0 fully saturated rings. The lowest BCUT2D eigenvalue weighted by Crippen LogP contribution is -2.44. The van der Waals surface area contributed by atoms with E-state index in [1.54, 1.807) is 0 Å². The molecule has 0 radical (unpaired) electrons. The van der Waals surface area contributed by atoms with E-state index in [4.69, 9.17) is 27.8 Å². The molecule has 8 nitrogen and oxygen atoms in total. The zero-order chi connectivity index (χ0) is 16.9. The van der Waals surface area contributed by atoms with Gasteiger partial charge in [0.1, 0.15) is 17.0 Å². The first kappa shape index (κ1) is 17.7. The van der Waals surface area contributed by atoms with E-state index >= 15 is 0 Å². The quantitative estimate of drug-likeness (QED) is 0.192. The second-order valence-electron chi connectivity index (χ2n) is 3.94. The van der Waals surface area contributed by atoms with Crippen molar-refractivity contribution >= 4 is 33.3 Å². The summed E-state index contributed by atoms with van der Waals surface area (Å²) in [4.78, 5) is 0. The highest BCUT2D eigenvalue weighted by atomic mass is 79.9. The maximum absolute atomic E-state index is 14.1. The summed E-state index contributed by atoms with van der Waals surface area (Å²) in [5.41, 5.74) is 5.66. The Bertz CT molecular complexity index is 706. The summed E-state index contributed by atoms with van der Waals surface area (Å²) in [6.45, 7) is 0. The standard InChI is InChI=1S/C11H13BrF2N8/c12-6-1-4-9(17)22(5-6)10(18)11(13,14)7(15)2-3-8(16)20-21-19/h1-5,15,17-18,21H,19H2,(H2,16,20). The Morgan fingerprint density at radius 1 is 1.36 bits per heavy atom. The van der Waals surface area contributed by atoms with Crippen molar-refractivity contribution in [3.8, 4) is 0 Å². The Hall–Kier alpha value is -2.40. The highest BCUT2D eigenvalue weighted by Gasteiger charge is 2.40. The fraction of sp³-hybridized carbons (Fsp3) is 0.0909. The first-order valence-electron chi connectivity index (χ1n) is 5.66. The number of nitrogens with zero attached hydrogens (tertiary/aromatic N) is 2. The van der Waals surface area contributed by atoms with Crippen LogP contribution in [-0.4, -0.2) is 27.9 Å². The van der Waals surface area contributed by atoms with Gasteiger partial charge in [0.25, 0.3) is 0 Å². The van der Waals surface area contributed by atoms with E-state index in [1.165, 1.54) is 12.1 Å². The fourth-order valence-electron chi connectivity index (χ4n) is 1.32. The monoisotopic (exact) mass is 374 g/mol. The van der Waals surface area contributed by atoms with Gasteiger partial charge in [0.15, 0.2) is 5.84 Å². The summed E-state index contributed by atoms with van der Waals surface area (Å²) in [6, 6.07) is 2.72. The van der Waals surface area contributed by atoms with E-state index in [1.807, 2.05) is 5.53 Å². The van der Waals surface area contributed by atoms with Gasteiger partial charge in [-0.25, -0.2) is 11.4 Å². The summed E-state index contributed by atoms with van der Waals surface area (Å²) >= 11 is 3.07. The summed E-state index contributed by atoms with van der Waals surface area (Å²) in [6.07, 6.45) is 2.78. The topological polar surface area (TPSA) is 153 Å². The lowest BCUT2D eigenvalue weighted by Gasteiger charge is -2.18. The molecule has 1 heterocycles. The van der Waals surface area contributed by atoms with Crippen molar-refractivity contribution in [3.05, 3.63) is 40.4 Å². The molecule has 0 amide bonds. The highest BCUT2D eigenvalue weighted by Crippen LogP contribution is 2.19. The molecule has 0 saturated carbocycles. The fourth-order valence-corrected chi connectivity index (χ4v) is 1.66. The minimum atomic E-state index is -3.92. The molecule has 1 rings (SSSR count). The van der Waals surface area contributed by atoms with Crippen LogP contribution in [0.25, 0.3) is 0 Å². The predicted molar refractivity (Wildman–Crippen MR) is 81.9 cm³/mol. The second-order valence-corrected chi connectivity index (χ2v) is 4.85. The Morgan fingerprint density at radius 3 is 2.59 bits per heavy atom. The van der Waals surface area contributed by atoms with Gasteiger partial charge in [-0.05, 0) is 40.2 Å². The number of halogens is 3. The van der Waals surface area contributed by atoms with Crippen molar-refractivity contribution in [2.75, 3.05) is 0 Å². The lowest BCUT2D eigenvalue weighted by atomic mass is 10.1. The Balaban J connectivity index is 3.10. The van der Waals surface area contributed by atoms with Gasteiger partial charge in [0.05, 0.1) is 0 Å². The van der Waals surface area contributed by atoms with Gasteiger partial charge in [-0.2, -0.15) is 8.78 Å². The van der Waals surface area contributed by atoms with Gasteiger partial charge in [0.2, 0.25) is 0 Å². The van der Waals surface area contributed by atoms with Gasteiger partial charge in [-0.1, -0.05) is 0 Å². The molecular weight excluding hydrogens is 362 g/mol. The van der Waals surface area contributed by atoms with Crippen LogP contribution in [0, 0.1) is 16.2 Å². The molecule has 0 aliphatic heterocycles. The molecule has 0 bridgehead atoms. The summed E-state index contributed by atoms with van der Waals surface area (Å²) in [7, 11) is 0. The van der Waals surface area contributed by atoms with E-state index in [0.29, 0.717) is 15.1 Å². The maximum atomic E-state index is 14.1. The van der Waals surface area contributed by atoms with Crippen molar-refractivity contribution in [2.45, 2.75) is 5.92 Å². The molecule has 1 aromatic rings. The number of allylic oxidation sites excluding steroid dienone is 1. The molecule has 0 aliphatic rings. The number of hydrogen-bond acceptors (Lipinski definition) is 6. The minimum absolute atomic E-state index is 0.217. The number of hydrogen-bond donors (Lipinski definition) is 6. The van der Waals surface area contributed by atoms with Crippen LogP contribution in [0.5, 0.6) is 0 Å². The molecule has 8 N–H and O–H groups in total. The van der Waals surface area contributed by atoms with Gasteiger partial charge < -0.3 is 5.73 Å². The van der Waals surface area contributed by atoms with Crippen LogP contribution >= 0.6 is 15.9 Å². The summed E-state index contributed by atoms with van der Waals surface area (Å²) in [5.74, 6) is -0.514. The zero-order valence-corrected chi connectivity index (χ0v) is 12.7. The molecule has 11 heteroatoms. The van der Waals surface area contributed by atoms with E-state index in [9.17, 15) is 8.78 Å². The van der Waals surface area contributed by atoms with E-state index in [2.05, 4.69) is 21.0 Å². The third-order valence-electron chi connectivity index (χ3n) is 2.40. The summed E-state index contributed by atoms with van der Waals surface area (Å²) < 4.78 is 29.3. The number of pyridine rings is 1. The number of hydrazone groups is 1. The first-order valence-corrected chi connectivity index (χ1v) is 6.45. The predicted octanol–water partition coefficient (Wildman–Crippen LogP) is 0.502. The molecule has 1 aromatic heterocycles. The van der Waals surface area contributed by atoms with Crippen molar-refractivity contribution < 1.29 is 8.78 Å². The molecule has 118 valence electrons. The Morgan fingerprint density at radius 2 is 2.00 bits per heavy atom. The van der Waals surface area contributed by atoms with Gasteiger partial charge in [-0.3, -0.25) is 20.8 Å². The van der Waals surface area contributed by atoms with Gasteiger partial charge in [-0.15, -0.1) is 5.10 Å². The van der Waals surface area contributed by atoms with Crippen molar-refractivity contribution in [3.63, 3.8) is 0 Å². The molecular formula is C11H13BrF2N8. The maximum Gasteiger partial charge on any atom is 0.345 e. The summed E-state index contributed by atoms with van der Waals surface area (Å²) in [5, 5.41) is 25.8. The number of alkyl halides is 2. The third-order valence-corrected chi connectivity index (χ3v) is 2.87. The number of rotatable bonds is 5. The molecule has 0 spiro atoms. The van der Waals surface area contributed by atoms with Crippen LogP contribution in [0.3, 0.4) is 0 Å². The normalized spacial score (nSPS) is 12.5. The van der Waals surface area contributed by atoms with Gasteiger partial charge in [0, 0.05) is 10.7 Å². The van der Waals surface area contributed by atoms with Crippen molar-refractivity contribution in [1.29, 1.82) is 16.2 Å². The smallest absolute Gasteiger partial charge is 0.345 e. The van der Waals surface area contributed by atoms with E-state index in [0.717, 1.165) is 12.3 Å². The number of aromatic nitrogens is 1. The third kappa shape index (κ3) is 4.05. The van der Waals surface area contributed by atoms with Gasteiger partial charge >= 0.3 is 5.92 Å². The average molecular weight is 375 g/mol. The molecule has 0 saturated heterocycles. The Labute approximate surface area is 132 Å². The van der Waals surface area contributed by atoms with Crippen molar-refractivity contribution in [2.24, 2.45) is 16.7 Å². The van der Waals surface area contributed by atoms with Crippen LogP contribution in [0.2, 0.25) is 0 Å². The molecule has 22 heavy (non-hydrogen) atoms. The SMILES string of the molecule is N=C(C=CC(N)=NNN)C(F)(F)C(=N)n1cc(Br)ccc1=N. The van der Waals surface area contributed by atoms with Crippen LogP contribution in [-0.2, 0) is 0 Å². The van der Waals surface area contributed by atoms with Crippen molar-refractivity contribution in [1.82, 2.24) is 10.1 Å².